The van der Waals surface area contributed by atoms with Crippen molar-refractivity contribution >= 4 is 39.1 Å². The van der Waals surface area contributed by atoms with E-state index in [0.29, 0.717) is 11.0 Å². The number of methoxy groups -OCH3 is 1. The van der Waals surface area contributed by atoms with E-state index in [1.54, 1.807) is 19.2 Å². The molecule has 0 N–H and O–H groups in total. The van der Waals surface area contributed by atoms with Gasteiger partial charge in [0, 0.05) is 4.47 Å². The first-order valence-electron chi connectivity index (χ1n) is 4.84. The molecule has 1 aromatic heterocycles. The number of hydrogen-bond acceptors (Lipinski definition) is 2. The van der Waals surface area contributed by atoms with Gasteiger partial charge in [0.05, 0.1) is 7.11 Å². The summed E-state index contributed by atoms with van der Waals surface area (Å²) < 4.78 is 11.3. The number of benzene rings is 1. The molecule has 2 nitrogen and oxygen atoms in total. The highest BCUT2D eigenvalue weighted by atomic mass is 79.9. The number of hydrogen-bond donors (Lipinski definition) is 0. The van der Waals surface area contributed by atoms with Crippen molar-refractivity contribution in [1.82, 2.24) is 0 Å². The third-order valence-electron chi connectivity index (χ3n) is 2.32. The molecule has 0 radical (unpaired) electrons. The minimum atomic E-state index is -0.386. The summed E-state index contributed by atoms with van der Waals surface area (Å²) in [4.78, 5) is 0. The predicted molar refractivity (Wildman–Crippen MR) is 72.1 cm³/mol. The number of rotatable bonds is 3. The zero-order valence-electron chi connectivity index (χ0n) is 8.91. The lowest BCUT2D eigenvalue weighted by Crippen LogP contribution is -1.93. The van der Waals surface area contributed by atoms with Crippen LogP contribution in [-0.4, -0.2) is 7.11 Å². The summed E-state index contributed by atoms with van der Waals surface area (Å²) in [7, 11) is 1.62. The second-order valence-corrected chi connectivity index (χ2v) is 5.06. The van der Waals surface area contributed by atoms with Crippen LogP contribution in [0.25, 0.3) is 0 Å². The molecular formula is C12H9BrCl2O2. The smallest absolute Gasteiger partial charge is 0.193 e. The Morgan fingerprint density at radius 2 is 2.06 bits per heavy atom. The van der Waals surface area contributed by atoms with Gasteiger partial charge >= 0.3 is 0 Å². The first-order valence-corrected chi connectivity index (χ1v) is 6.45. The highest BCUT2D eigenvalue weighted by Crippen LogP contribution is 2.36. The molecule has 0 amide bonds. The summed E-state index contributed by atoms with van der Waals surface area (Å²) in [5.41, 5.74) is 0.901. The molecule has 90 valence electrons. The Morgan fingerprint density at radius 3 is 2.59 bits per heavy atom. The van der Waals surface area contributed by atoms with Gasteiger partial charge in [0.2, 0.25) is 0 Å². The standard InChI is InChI=1S/C12H9BrCl2O2/c1-16-7-2-3-8(9(13)6-7)12(15)10-4-5-11(14)17-10/h2-6,12H,1H3. The molecule has 1 heterocycles. The second-order valence-electron chi connectivity index (χ2n) is 3.39. The van der Waals surface area contributed by atoms with Gasteiger partial charge in [-0.3, -0.25) is 0 Å². The summed E-state index contributed by atoms with van der Waals surface area (Å²) in [5, 5.41) is -0.0573. The molecule has 0 saturated heterocycles. The van der Waals surface area contributed by atoms with Crippen LogP contribution in [0.2, 0.25) is 5.22 Å². The fourth-order valence-corrected chi connectivity index (χ4v) is 2.64. The van der Waals surface area contributed by atoms with E-state index in [4.69, 9.17) is 32.4 Å². The third-order valence-corrected chi connectivity index (χ3v) is 3.66. The van der Waals surface area contributed by atoms with Crippen LogP contribution >= 0.6 is 39.1 Å². The maximum atomic E-state index is 6.32. The molecule has 0 saturated carbocycles. The summed E-state index contributed by atoms with van der Waals surface area (Å²) in [6.45, 7) is 0. The van der Waals surface area contributed by atoms with Crippen molar-refractivity contribution in [3.63, 3.8) is 0 Å². The predicted octanol–water partition coefficient (Wildman–Crippen LogP) is 5.03. The van der Waals surface area contributed by atoms with Gasteiger partial charge in [0.25, 0.3) is 0 Å². The summed E-state index contributed by atoms with van der Waals surface area (Å²) >= 11 is 15.5. The molecule has 1 aromatic carbocycles. The van der Waals surface area contributed by atoms with Crippen molar-refractivity contribution in [2.45, 2.75) is 5.38 Å². The quantitative estimate of drug-likeness (QED) is 0.734. The minimum absolute atomic E-state index is 0.329. The van der Waals surface area contributed by atoms with E-state index in [1.165, 1.54) is 0 Å². The van der Waals surface area contributed by atoms with Crippen LogP contribution in [0.4, 0.5) is 0 Å². The summed E-state index contributed by atoms with van der Waals surface area (Å²) in [6.07, 6.45) is 0. The molecule has 5 heteroatoms. The summed E-state index contributed by atoms with van der Waals surface area (Å²) in [5.74, 6) is 1.38. The van der Waals surface area contributed by atoms with E-state index in [1.807, 2.05) is 18.2 Å². The molecule has 2 aromatic rings. The van der Waals surface area contributed by atoms with Crippen LogP contribution in [0.15, 0.2) is 39.2 Å². The van der Waals surface area contributed by atoms with Gasteiger partial charge in [-0.05, 0) is 41.4 Å². The Morgan fingerprint density at radius 1 is 1.29 bits per heavy atom. The van der Waals surface area contributed by atoms with Crippen molar-refractivity contribution in [3.8, 4) is 5.75 Å². The van der Waals surface area contributed by atoms with E-state index in [-0.39, 0.29) is 5.38 Å². The molecular weight excluding hydrogens is 327 g/mol. The topological polar surface area (TPSA) is 22.4 Å². The number of alkyl halides is 1. The monoisotopic (exact) mass is 334 g/mol. The Bertz CT molecular complexity index is 525. The first kappa shape index (κ1) is 12.8. The molecule has 17 heavy (non-hydrogen) atoms. The summed E-state index contributed by atoms with van der Waals surface area (Å²) in [6, 6.07) is 9.02. The van der Waals surface area contributed by atoms with E-state index < -0.39 is 0 Å². The van der Waals surface area contributed by atoms with E-state index in [2.05, 4.69) is 15.9 Å². The molecule has 0 aliphatic heterocycles. The van der Waals surface area contributed by atoms with Gasteiger partial charge < -0.3 is 9.15 Å². The Kier molecular flexibility index (Phi) is 4.02. The lowest BCUT2D eigenvalue weighted by molar-refractivity contribution is 0.414. The zero-order valence-corrected chi connectivity index (χ0v) is 12.0. The fourth-order valence-electron chi connectivity index (χ4n) is 1.46. The SMILES string of the molecule is COc1ccc(C(Cl)c2ccc(Cl)o2)c(Br)c1. The lowest BCUT2D eigenvalue weighted by atomic mass is 10.1. The highest BCUT2D eigenvalue weighted by molar-refractivity contribution is 9.10. The van der Waals surface area contributed by atoms with E-state index in [0.717, 1.165) is 15.8 Å². The third kappa shape index (κ3) is 2.79. The molecule has 0 bridgehead atoms. The van der Waals surface area contributed by atoms with Crippen molar-refractivity contribution in [2.75, 3.05) is 7.11 Å². The molecule has 0 spiro atoms. The van der Waals surface area contributed by atoms with Crippen LogP contribution in [0.3, 0.4) is 0 Å². The second kappa shape index (κ2) is 5.34. The Balaban J connectivity index is 2.34. The van der Waals surface area contributed by atoms with E-state index in [9.17, 15) is 0 Å². The van der Waals surface area contributed by atoms with E-state index >= 15 is 0 Å². The van der Waals surface area contributed by atoms with Gasteiger partial charge in [-0.25, -0.2) is 0 Å². The van der Waals surface area contributed by atoms with Crippen LogP contribution in [0, 0.1) is 0 Å². The van der Waals surface area contributed by atoms with Gasteiger partial charge in [-0.2, -0.15) is 0 Å². The van der Waals surface area contributed by atoms with Crippen molar-refractivity contribution in [3.05, 3.63) is 51.3 Å². The maximum Gasteiger partial charge on any atom is 0.193 e. The molecule has 0 aliphatic rings. The minimum Gasteiger partial charge on any atom is -0.497 e. The molecule has 1 unspecified atom stereocenters. The van der Waals surface area contributed by atoms with Gasteiger partial charge in [0.15, 0.2) is 5.22 Å². The molecule has 2 rings (SSSR count). The molecule has 1 atom stereocenters. The number of halogens is 3. The average Bonchev–Trinajstić information content (AvgIpc) is 2.75. The Labute approximate surface area is 118 Å². The maximum absolute atomic E-state index is 6.32. The van der Waals surface area contributed by atoms with Crippen molar-refractivity contribution in [1.29, 1.82) is 0 Å². The Hall–Kier alpha value is -0.640. The number of furan rings is 1. The largest absolute Gasteiger partial charge is 0.497 e. The first-order chi connectivity index (χ1) is 8.11. The van der Waals surface area contributed by atoms with Gasteiger partial charge in [0.1, 0.15) is 16.9 Å². The fraction of sp³-hybridized carbons (Fsp3) is 0.167. The average molecular weight is 336 g/mol. The zero-order chi connectivity index (χ0) is 12.4. The van der Waals surface area contributed by atoms with Crippen LogP contribution in [0.5, 0.6) is 5.75 Å². The normalized spacial score (nSPS) is 12.5. The van der Waals surface area contributed by atoms with Crippen LogP contribution in [-0.2, 0) is 0 Å². The van der Waals surface area contributed by atoms with Gasteiger partial charge in [-0.1, -0.05) is 22.0 Å². The van der Waals surface area contributed by atoms with Crippen LogP contribution in [0.1, 0.15) is 16.7 Å². The van der Waals surface area contributed by atoms with Crippen molar-refractivity contribution < 1.29 is 9.15 Å². The molecule has 0 fully saturated rings. The van der Waals surface area contributed by atoms with Crippen molar-refractivity contribution in [2.24, 2.45) is 0 Å². The van der Waals surface area contributed by atoms with Crippen LogP contribution < -0.4 is 4.74 Å². The lowest BCUT2D eigenvalue weighted by Gasteiger charge is -2.10. The molecule has 0 aliphatic carbocycles. The number of ether oxygens (including phenoxy) is 1. The highest BCUT2D eigenvalue weighted by Gasteiger charge is 2.17. The van der Waals surface area contributed by atoms with Gasteiger partial charge in [-0.15, -0.1) is 11.6 Å².